The SMILES string of the molecule is O=C(O)C(F)(F)F.c1ccc(O[C@H]2CN(Cc3ccoc3)[C@@H]3CCCO[C@H]23)nc1. The molecule has 0 amide bonds. The lowest BCUT2D eigenvalue weighted by molar-refractivity contribution is -0.192. The van der Waals surface area contributed by atoms with Crippen LogP contribution in [0.5, 0.6) is 5.88 Å². The molecule has 2 aliphatic rings. The summed E-state index contributed by atoms with van der Waals surface area (Å²) < 4.78 is 49.0. The molecule has 10 heteroatoms. The topological polar surface area (TPSA) is 85.0 Å². The summed E-state index contributed by atoms with van der Waals surface area (Å²) in [4.78, 5) is 15.6. The molecular weight excluding hydrogens is 393 g/mol. The predicted molar refractivity (Wildman–Crippen MR) is 94.2 cm³/mol. The number of fused-ring (bicyclic) bond motifs is 1. The summed E-state index contributed by atoms with van der Waals surface area (Å²) in [6.07, 6.45) is 2.64. The van der Waals surface area contributed by atoms with Gasteiger partial charge in [0.2, 0.25) is 5.88 Å². The molecule has 158 valence electrons. The van der Waals surface area contributed by atoms with Gasteiger partial charge in [-0.25, -0.2) is 9.78 Å². The molecule has 0 aliphatic carbocycles. The molecule has 29 heavy (non-hydrogen) atoms. The number of carboxylic acid groups (broad SMARTS) is 1. The standard InChI is InChI=1S/C17H20N2O3.C2HF3O2/c1-2-7-18-16(5-1)22-15-11-19(10-13-6-9-20-12-13)14-4-3-8-21-17(14)15;3-2(4,5)1(6)7/h1-2,5-7,9,12,14-15,17H,3-4,8,10-11H2;(H,6,7)/t14-,15+,17+;/m1./s1. The van der Waals surface area contributed by atoms with Gasteiger partial charge < -0.3 is 19.0 Å². The smallest absolute Gasteiger partial charge is 0.475 e. The van der Waals surface area contributed by atoms with Gasteiger partial charge in [-0.15, -0.1) is 0 Å². The van der Waals surface area contributed by atoms with Crippen LogP contribution in [0.4, 0.5) is 13.2 Å². The third-order valence-electron chi connectivity index (χ3n) is 4.70. The fourth-order valence-corrected chi connectivity index (χ4v) is 3.48. The minimum absolute atomic E-state index is 0.0344. The second kappa shape index (κ2) is 9.27. The molecule has 4 heterocycles. The van der Waals surface area contributed by atoms with E-state index in [4.69, 9.17) is 23.8 Å². The van der Waals surface area contributed by atoms with Crippen LogP contribution < -0.4 is 4.74 Å². The number of ether oxygens (including phenoxy) is 2. The molecule has 3 atom stereocenters. The molecule has 2 aliphatic heterocycles. The van der Waals surface area contributed by atoms with Gasteiger partial charge in [0, 0.05) is 43.6 Å². The Hall–Kier alpha value is -2.59. The van der Waals surface area contributed by atoms with Gasteiger partial charge in [-0.3, -0.25) is 4.90 Å². The fraction of sp³-hybridized carbons (Fsp3) is 0.474. The van der Waals surface area contributed by atoms with E-state index in [0.717, 1.165) is 32.5 Å². The zero-order valence-corrected chi connectivity index (χ0v) is 15.4. The van der Waals surface area contributed by atoms with E-state index in [1.807, 2.05) is 30.5 Å². The van der Waals surface area contributed by atoms with E-state index in [0.29, 0.717) is 11.9 Å². The first-order valence-corrected chi connectivity index (χ1v) is 9.09. The van der Waals surface area contributed by atoms with Gasteiger partial charge in [-0.1, -0.05) is 6.07 Å². The first-order chi connectivity index (χ1) is 13.8. The fourth-order valence-electron chi connectivity index (χ4n) is 3.48. The normalized spacial score (nSPS) is 24.3. The summed E-state index contributed by atoms with van der Waals surface area (Å²) >= 11 is 0. The van der Waals surface area contributed by atoms with E-state index in [1.54, 1.807) is 12.5 Å². The Bertz CT molecular complexity index is 770. The van der Waals surface area contributed by atoms with Crippen LogP contribution in [0.3, 0.4) is 0 Å². The second-order valence-electron chi connectivity index (χ2n) is 6.73. The van der Waals surface area contributed by atoms with Gasteiger partial charge in [0.1, 0.15) is 12.2 Å². The Balaban J connectivity index is 0.000000298. The van der Waals surface area contributed by atoms with Crippen molar-refractivity contribution in [3.8, 4) is 5.88 Å². The molecule has 4 rings (SSSR count). The summed E-state index contributed by atoms with van der Waals surface area (Å²) in [5, 5.41) is 7.12. The van der Waals surface area contributed by atoms with Gasteiger partial charge in [-0.2, -0.15) is 13.2 Å². The van der Waals surface area contributed by atoms with Crippen molar-refractivity contribution in [3.05, 3.63) is 48.6 Å². The number of halogens is 3. The molecule has 0 spiro atoms. The average molecular weight is 414 g/mol. The molecule has 7 nitrogen and oxygen atoms in total. The maximum absolute atomic E-state index is 10.6. The molecule has 1 N–H and O–H groups in total. The summed E-state index contributed by atoms with van der Waals surface area (Å²) in [6.45, 7) is 2.56. The van der Waals surface area contributed by atoms with E-state index in [9.17, 15) is 13.2 Å². The van der Waals surface area contributed by atoms with Crippen LogP contribution in [-0.4, -0.2) is 58.5 Å². The number of aliphatic carboxylic acids is 1. The third kappa shape index (κ3) is 5.70. The predicted octanol–water partition coefficient (Wildman–Crippen LogP) is 3.12. The minimum atomic E-state index is -5.08. The lowest BCUT2D eigenvalue weighted by Gasteiger charge is -2.31. The molecule has 0 aromatic carbocycles. The number of furan rings is 1. The number of carboxylic acids is 1. The van der Waals surface area contributed by atoms with Crippen LogP contribution in [0.15, 0.2) is 47.4 Å². The van der Waals surface area contributed by atoms with Crippen molar-refractivity contribution in [2.45, 2.75) is 43.8 Å². The van der Waals surface area contributed by atoms with E-state index in [-0.39, 0.29) is 12.2 Å². The van der Waals surface area contributed by atoms with E-state index < -0.39 is 12.1 Å². The van der Waals surface area contributed by atoms with E-state index >= 15 is 0 Å². The minimum Gasteiger partial charge on any atom is -0.475 e. The van der Waals surface area contributed by atoms with Gasteiger partial charge in [0.05, 0.1) is 12.5 Å². The van der Waals surface area contributed by atoms with Gasteiger partial charge in [-0.05, 0) is 25.0 Å². The highest BCUT2D eigenvalue weighted by Crippen LogP contribution is 2.32. The Morgan fingerprint density at radius 2 is 2.14 bits per heavy atom. The van der Waals surface area contributed by atoms with Crippen LogP contribution in [0.25, 0.3) is 0 Å². The number of carbonyl (C=O) groups is 1. The van der Waals surface area contributed by atoms with E-state index in [2.05, 4.69) is 9.88 Å². The van der Waals surface area contributed by atoms with Crippen molar-refractivity contribution in [1.29, 1.82) is 0 Å². The zero-order valence-electron chi connectivity index (χ0n) is 15.4. The molecule has 0 unspecified atom stereocenters. The molecule has 2 saturated heterocycles. The number of hydrogen-bond acceptors (Lipinski definition) is 6. The first kappa shape index (κ1) is 21.1. The number of rotatable bonds is 4. The first-order valence-electron chi connectivity index (χ1n) is 9.09. The second-order valence-corrected chi connectivity index (χ2v) is 6.73. The van der Waals surface area contributed by atoms with Crippen molar-refractivity contribution in [2.75, 3.05) is 13.2 Å². The van der Waals surface area contributed by atoms with Crippen LogP contribution in [0, 0.1) is 0 Å². The van der Waals surface area contributed by atoms with Crippen molar-refractivity contribution in [2.24, 2.45) is 0 Å². The van der Waals surface area contributed by atoms with Crippen molar-refractivity contribution >= 4 is 5.97 Å². The quantitative estimate of drug-likeness (QED) is 0.823. The molecule has 0 radical (unpaired) electrons. The van der Waals surface area contributed by atoms with Crippen LogP contribution in [0.2, 0.25) is 0 Å². The number of likely N-dealkylation sites (tertiary alicyclic amines) is 1. The largest absolute Gasteiger partial charge is 0.490 e. The molecule has 0 saturated carbocycles. The Labute approximate surface area is 165 Å². The average Bonchev–Trinajstić information content (AvgIpc) is 3.32. The number of hydrogen-bond donors (Lipinski definition) is 1. The third-order valence-corrected chi connectivity index (χ3v) is 4.70. The monoisotopic (exact) mass is 414 g/mol. The number of alkyl halides is 3. The molecule has 2 aromatic heterocycles. The molecule has 0 bridgehead atoms. The van der Waals surface area contributed by atoms with Crippen molar-refractivity contribution in [1.82, 2.24) is 9.88 Å². The van der Waals surface area contributed by atoms with Crippen molar-refractivity contribution < 1.29 is 37.0 Å². The Morgan fingerprint density at radius 1 is 1.34 bits per heavy atom. The summed E-state index contributed by atoms with van der Waals surface area (Å²) in [7, 11) is 0. The summed E-state index contributed by atoms with van der Waals surface area (Å²) in [5.74, 6) is -2.09. The van der Waals surface area contributed by atoms with Gasteiger partial charge in [0.15, 0.2) is 0 Å². The molecule has 2 aromatic rings. The number of pyridine rings is 1. The lowest BCUT2D eigenvalue weighted by atomic mass is 10.0. The maximum atomic E-state index is 10.6. The summed E-state index contributed by atoms with van der Waals surface area (Å²) in [5.41, 5.74) is 1.20. The van der Waals surface area contributed by atoms with Gasteiger partial charge in [0.25, 0.3) is 0 Å². The Kier molecular flexibility index (Phi) is 6.75. The summed E-state index contributed by atoms with van der Waals surface area (Å²) in [6, 6.07) is 8.17. The van der Waals surface area contributed by atoms with Crippen LogP contribution >= 0.6 is 0 Å². The van der Waals surface area contributed by atoms with Gasteiger partial charge >= 0.3 is 12.1 Å². The highest BCUT2D eigenvalue weighted by Gasteiger charge is 2.45. The van der Waals surface area contributed by atoms with Crippen LogP contribution in [-0.2, 0) is 16.1 Å². The highest BCUT2D eigenvalue weighted by atomic mass is 19.4. The Morgan fingerprint density at radius 3 is 2.76 bits per heavy atom. The molecular formula is C19H21F3N2O5. The van der Waals surface area contributed by atoms with Crippen molar-refractivity contribution in [3.63, 3.8) is 0 Å². The highest BCUT2D eigenvalue weighted by molar-refractivity contribution is 5.73. The number of aromatic nitrogens is 1. The molecule has 2 fully saturated rings. The number of nitrogens with zero attached hydrogens (tertiary/aromatic N) is 2. The zero-order chi connectivity index (χ0) is 20.9. The van der Waals surface area contributed by atoms with E-state index in [1.165, 1.54) is 5.56 Å². The lowest BCUT2D eigenvalue weighted by Crippen LogP contribution is -2.42. The maximum Gasteiger partial charge on any atom is 0.490 e. The van der Waals surface area contributed by atoms with Crippen LogP contribution in [0.1, 0.15) is 18.4 Å².